The molecule has 0 aliphatic carbocycles. The molecule has 6 nitrogen and oxygen atoms in total. The lowest BCUT2D eigenvalue weighted by molar-refractivity contribution is -0.126. The van der Waals surface area contributed by atoms with Crippen LogP contribution in [-0.2, 0) is 4.79 Å². The lowest BCUT2D eigenvalue weighted by Crippen LogP contribution is -2.23. The Labute approximate surface area is 149 Å². The van der Waals surface area contributed by atoms with Gasteiger partial charge in [0.05, 0.1) is 11.4 Å². The van der Waals surface area contributed by atoms with E-state index in [4.69, 9.17) is 16.3 Å². The van der Waals surface area contributed by atoms with Crippen LogP contribution in [0.25, 0.3) is 0 Å². The smallest absolute Gasteiger partial charge is 0.364 e. The monoisotopic (exact) mass is 354 g/mol. The van der Waals surface area contributed by atoms with Crippen LogP contribution in [0.1, 0.15) is 17.0 Å². The number of halogens is 1. The van der Waals surface area contributed by atoms with E-state index in [1.807, 2.05) is 19.9 Å². The van der Waals surface area contributed by atoms with Crippen LogP contribution in [0.4, 0.5) is 0 Å². The molecule has 3 aromatic rings. The molecule has 1 heterocycles. The third kappa shape index (κ3) is 3.92. The molecule has 0 aliphatic heterocycles. The molecule has 0 atom stereocenters. The Bertz CT molecular complexity index is 918. The Hall–Kier alpha value is -2.99. The van der Waals surface area contributed by atoms with Crippen LogP contribution >= 0.6 is 11.6 Å². The maximum atomic E-state index is 12.7. The number of esters is 1. The summed E-state index contributed by atoms with van der Waals surface area (Å²) in [5, 5.41) is 12.8. The zero-order valence-corrected chi connectivity index (χ0v) is 14.4. The molecule has 0 fully saturated rings. The van der Waals surface area contributed by atoms with Gasteiger partial charge in [0.2, 0.25) is 0 Å². The summed E-state index contributed by atoms with van der Waals surface area (Å²) < 4.78 is 5.42. The molecule has 0 amide bonds. The lowest BCUT2D eigenvalue weighted by Gasteiger charge is -2.08. The minimum absolute atomic E-state index is 0.105. The molecule has 25 heavy (non-hydrogen) atoms. The molecule has 0 N–H and O–H groups in total. The molecule has 0 saturated heterocycles. The average molecular weight is 355 g/mol. The highest BCUT2D eigenvalue weighted by Gasteiger charge is 2.18. The van der Waals surface area contributed by atoms with E-state index in [1.54, 1.807) is 48.5 Å². The molecule has 0 unspecified atom stereocenters. The minimum Gasteiger partial charge on any atom is -0.422 e. The van der Waals surface area contributed by atoms with Crippen molar-refractivity contribution in [3.8, 4) is 5.75 Å². The zero-order valence-electron chi connectivity index (χ0n) is 13.7. The van der Waals surface area contributed by atoms with Crippen molar-refractivity contribution in [3.63, 3.8) is 0 Å². The van der Waals surface area contributed by atoms with Crippen molar-refractivity contribution >= 4 is 23.3 Å². The van der Waals surface area contributed by atoms with Gasteiger partial charge in [-0.05, 0) is 43.3 Å². The van der Waals surface area contributed by atoms with Crippen molar-refractivity contribution in [2.24, 2.45) is 5.10 Å². The first-order valence-electron chi connectivity index (χ1n) is 7.55. The van der Waals surface area contributed by atoms with E-state index in [0.717, 1.165) is 11.4 Å². The van der Waals surface area contributed by atoms with Gasteiger partial charge in [-0.15, -0.1) is 15.0 Å². The van der Waals surface area contributed by atoms with Gasteiger partial charge in [0, 0.05) is 10.6 Å². The van der Waals surface area contributed by atoms with Crippen LogP contribution in [0.5, 0.6) is 5.75 Å². The predicted molar refractivity (Wildman–Crippen MR) is 95.0 cm³/mol. The standard InChI is InChI=1S/C18H15ClN4O2/c1-12-13(2)23(22-20-12)21-17(14-8-10-15(19)11-9-14)18(24)25-16-6-4-3-5-7-16/h3-11H,1-2H3/b21-17+. The summed E-state index contributed by atoms with van der Waals surface area (Å²) in [5.41, 5.74) is 2.14. The third-order valence-electron chi connectivity index (χ3n) is 3.56. The van der Waals surface area contributed by atoms with Crippen molar-refractivity contribution in [3.05, 3.63) is 76.6 Å². The second-order valence-corrected chi connectivity index (χ2v) is 5.74. The van der Waals surface area contributed by atoms with Gasteiger partial charge in [-0.25, -0.2) is 4.79 Å². The number of nitrogens with zero attached hydrogens (tertiary/aromatic N) is 4. The Morgan fingerprint density at radius 2 is 1.76 bits per heavy atom. The number of aryl methyl sites for hydroxylation is 1. The van der Waals surface area contributed by atoms with Crippen LogP contribution in [0.2, 0.25) is 5.02 Å². The molecule has 0 spiro atoms. The van der Waals surface area contributed by atoms with E-state index >= 15 is 0 Å². The van der Waals surface area contributed by atoms with E-state index in [2.05, 4.69) is 15.4 Å². The Morgan fingerprint density at radius 3 is 2.36 bits per heavy atom. The first-order valence-corrected chi connectivity index (χ1v) is 7.93. The maximum Gasteiger partial charge on any atom is 0.364 e. The summed E-state index contributed by atoms with van der Waals surface area (Å²) in [7, 11) is 0. The minimum atomic E-state index is -0.596. The van der Waals surface area contributed by atoms with Crippen molar-refractivity contribution in [1.82, 2.24) is 15.1 Å². The molecular formula is C18H15ClN4O2. The van der Waals surface area contributed by atoms with Crippen LogP contribution < -0.4 is 4.74 Å². The van der Waals surface area contributed by atoms with Gasteiger partial charge < -0.3 is 4.74 Å². The highest BCUT2D eigenvalue weighted by molar-refractivity contribution is 6.43. The summed E-state index contributed by atoms with van der Waals surface area (Å²) in [6.45, 7) is 3.64. The fraction of sp³-hybridized carbons (Fsp3) is 0.111. The summed E-state index contributed by atoms with van der Waals surface area (Å²) >= 11 is 5.93. The number of rotatable bonds is 4. The number of para-hydroxylation sites is 1. The van der Waals surface area contributed by atoms with Crippen LogP contribution in [0.15, 0.2) is 59.7 Å². The number of hydrogen-bond acceptors (Lipinski definition) is 5. The number of benzene rings is 2. The SMILES string of the molecule is Cc1nnn(/N=C(/C(=O)Oc2ccccc2)c2ccc(Cl)cc2)c1C. The van der Waals surface area contributed by atoms with E-state index in [1.165, 1.54) is 4.79 Å². The predicted octanol–water partition coefficient (Wildman–Crippen LogP) is 3.41. The van der Waals surface area contributed by atoms with Gasteiger partial charge in [-0.1, -0.05) is 41.9 Å². The van der Waals surface area contributed by atoms with Gasteiger partial charge in [0.1, 0.15) is 5.75 Å². The van der Waals surface area contributed by atoms with Crippen molar-refractivity contribution < 1.29 is 9.53 Å². The fourth-order valence-corrected chi connectivity index (χ4v) is 2.18. The molecule has 0 bridgehead atoms. The van der Waals surface area contributed by atoms with Gasteiger partial charge in [-0.2, -0.15) is 0 Å². The molecule has 0 saturated carbocycles. The lowest BCUT2D eigenvalue weighted by atomic mass is 10.1. The average Bonchev–Trinajstić information content (AvgIpc) is 2.93. The summed E-state index contributed by atoms with van der Waals surface area (Å²) in [4.78, 5) is 14.0. The molecule has 126 valence electrons. The van der Waals surface area contributed by atoms with Gasteiger partial charge >= 0.3 is 5.97 Å². The number of carbonyl (C=O) groups excluding carboxylic acids is 1. The largest absolute Gasteiger partial charge is 0.422 e. The Kier molecular flexibility index (Phi) is 4.90. The quantitative estimate of drug-likeness (QED) is 0.409. The highest BCUT2D eigenvalue weighted by atomic mass is 35.5. The molecule has 1 aromatic heterocycles. The van der Waals surface area contributed by atoms with E-state index < -0.39 is 5.97 Å². The number of hydrogen-bond donors (Lipinski definition) is 0. The van der Waals surface area contributed by atoms with Crippen LogP contribution in [-0.4, -0.2) is 26.8 Å². The molecular weight excluding hydrogens is 340 g/mol. The summed E-state index contributed by atoms with van der Waals surface area (Å²) in [5.74, 6) is -0.165. The van der Waals surface area contributed by atoms with Crippen molar-refractivity contribution in [1.29, 1.82) is 0 Å². The topological polar surface area (TPSA) is 69.4 Å². The van der Waals surface area contributed by atoms with Crippen molar-refractivity contribution in [2.75, 3.05) is 0 Å². The van der Waals surface area contributed by atoms with E-state index in [-0.39, 0.29) is 5.71 Å². The first kappa shape index (κ1) is 16.9. The van der Waals surface area contributed by atoms with Gasteiger partial charge in [-0.3, -0.25) is 0 Å². The number of ether oxygens (including phenoxy) is 1. The molecule has 0 aliphatic rings. The first-order chi connectivity index (χ1) is 12.0. The van der Waals surface area contributed by atoms with Gasteiger partial charge in [0.25, 0.3) is 0 Å². The second kappa shape index (κ2) is 7.27. The maximum absolute atomic E-state index is 12.7. The molecule has 2 aromatic carbocycles. The number of carbonyl (C=O) groups is 1. The van der Waals surface area contributed by atoms with E-state index in [9.17, 15) is 4.79 Å². The van der Waals surface area contributed by atoms with Crippen LogP contribution in [0, 0.1) is 13.8 Å². The Balaban J connectivity index is 2.01. The Morgan fingerprint density at radius 1 is 1.08 bits per heavy atom. The number of aromatic nitrogens is 3. The van der Waals surface area contributed by atoms with Crippen molar-refractivity contribution in [2.45, 2.75) is 13.8 Å². The molecule has 7 heteroatoms. The normalized spacial score (nSPS) is 11.4. The third-order valence-corrected chi connectivity index (χ3v) is 3.81. The fourth-order valence-electron chi connectivity index (χ4n) is 2.05. The van der Waals surface area contributed by atoms with E-state index in [0.29, 0.717) is 16.3 Å². The molecule has 3 rings (SSSR count). The summed E-state index contributed by atoms with van der Waals surface area (Å²) in [6, 6.07) is 15.6. The zero-order chi connectivity index (χ0) is 17.8. The van der Waals surface area contributed by atoms with Gasteiger partial charge in [0.15, 0.2) is 5.71 Å². The summed E-state index contributed by atoms with van der Waals surface area (Å²) in [6.07, 6.45) is 0. The second-order valence-electron chi connectivity index (χ2n) is 5.31. The van der Waals surface area contributed by atoms with Crippen LogP contribution in [0.3, 0.4) is 0 Å². The molecule has 0 radical (unpaired) electrons. The highest BCUT2D eigenvalue weighted by Crippen LogP contribution is 2.14.